The molecule has 18 heavy (non-hydrogen) atoms. The Labute approximate surface area is 106 Å². The van der Waals surface area contributed by atoms with Crippen LogP contribution in [0.2, 0.25) is 5.02 Å². The monoisotopic (exact) mass is 271 g/mol. The SMILES string of the molecule is O=C(O)CCN1C(=O)C(=O)c2cc(Cl)c(F)cc21. The molecule has 0 spiro atoms. The molecule has 0 unspecified atom stereocenters. The number of carboxylic acid groups (broad SMARTS) is 1. The molecule has 1 heterocycles. The first-order chi connectivity index (χ1) is 8.41. The fraction of sp³-hybridized carbons (Fsp3) is 0.182. The van der Waals surface area contributed by atoms with Gasteiger partial charge < -0.3 is 10.0 Å². The number of fused-ring (bicyclic) bond motifs is 1. The van der Waals surface area contributed by atoms with Crippen LogP contribution < -0.4 is 4.90 Å². The molecule has 1 aliphatic heterocycles. The summed E-state index contributed by atoms with van der Waals surface area (Å²) in [4.78, 5) is 34.6. The molecule has 7 heteroatoms. The van der Waals surface area contributed by atoms with Crippen molar-refractivity contribution in [3.8, 4) is 0 Å². The van der Waals surface area contributed by atoms with Crippen molar-refractivity contribution in [1.29, 1.82) is 0 Å². The highest BCUT2D eigenvalue weighted by Crippen LogP contribution is 2.33. The van der Waals surface area contributed by atoms with Gasteiger partial charge in [0.25, 0.3) is 11.7 Å². The highest BCUT2D eigenvalue weighted by atomic mass is 35.5. The first-order valence-electron chi connectivity index (χ1n) is 4.99. The molecule has 94 valence electrons. The molecular weight excluding hydrogens is 265 g/mol. The van der Waals surface area contributed by atoms with Gasteiger partial charge in [-0.15, -0.1) is 0 Å². The van der Waals surface area contributed by atoms with Gasteiger partial charge in [-0.05, 0) is 12.1 Å². The minimum absolute atomic E-state index is 0.00297. The maximum Gasteiger partial charge on any atom is 0.305 e. The van der Waals surface area contributed by atoms with Crippen LogP contribution in [0.15, 0.2) is 12.1 Å². The molecule has 0 saturated heterocycles. The lowest BCUT2D eigenvalue weighted by Crippen LogP contribution is -2.31. The lowest BCUT2D eigenvalue weighted by molar-refractivity contribution is -0.136. The van der Waals surface area contributed by atoms with Crippen LogP contribution >= 0.6 is 11.6 Å². The van der Waals surface area contributed by atoms with Crippen molar-refractivity contribution in [1.82, 2.24) is 0 Å². The molecule has 0 atom stereocenters. The van der Waals surface area contributed by atoms with Crippen molar-refractivity contribution < 1.29 is 23.9 Å². The number of hydrogen-bond acceptors (Lipinski definition) is 3. The summed E-state index contributed by atoms with van der Waals surface area (Å²) in [5, 5.41) is 8.30. The van der Waals surface area contributed by atoms with E-state index >= 15 is 0 Å². The minimum Gasteiger partial charge on any atom is -0.481 e. The molecule has 0 aromatic heterocycles. The van der Waals surface area contributed by atoms with Crippen molar-refractivity contribution in [2.24, 2.45) is 0 Å². The van der Waals surface area contributed by atoms with Crippen molar-refractivity contribution in [3.63, 3.8) is 0 Å². The maximum absolute atomic E-state index is 13.3. The second kappa shape index (κ2) is 4.38. The molecule has 1 aromatic rings. The lowest BCUT2D eigenvalue weighted by atomic mass is 10.1. The van der Waals surface area contributed by atoms with Crippen LogP contribution in [0.3, 0.4) is 0 Å². The van der Waals surface area contributed by atoms with E-state index in [-0.39, 0.29) is 29.2 Å². The first-order valence-corrected chi connectivity index (χ1v) is 5.36. The normalized spacial score (nSPS) is 14.0. The second-order valence-electron chi connectivity index (χ2n) is 3.71. The van der Waals surface area contributed by atoms with E-state index in [1.807, 2.05) is 0 Å². The van der Waals surface area contributed by atoms with Gasteiger partial charge >= 0.3 is 5.97 Å². The zero-order valence-corrected chi connectivity index (χ0v) is 9.70. The second-order valence-corrected chi connectivity index (χ2v) is 4.12. The number of amides is 1. The van der Waals surface area contributed by atoms with Gasteiger partial charge in [0.1, 0.15) is 5.82 Å². The molecule has 2 rings (SSSR count). The Balaban J connectivity index is 2.41. The van der Waals surface area contributed by atoms with Gasteiger partial charge in [0.2, 0.25) is 0 Å². The molecule has 1 N–H and O–H groups in total. The molecule has 0 fully saturated rings. The van der Waals surface area contributed by atoms with E-state index in [9.17, 15) is 18.8 Å². The van der Waals surface area contributed by atoms with Gasteiger partial charge in [0.15, 0.2) is 0 Å². The zero-order valence-electron chi connectivity index (χ0n) is 8.94. The number of benzene rings is 1. The predicted molar refractivity (Wildman–Crippen MR) is 60.3 cm³/mol. The minimum atomic E-state index is -1.11. The first kappa shape index (κ1) is 12.5. The van der Waals surface area contributed by atoms with Gasteiger partial charge in [0.05, 0.1) is 22.7 Å². The number of Topliss-reactive ketones (excluding diaryl/α,β-unsaturated/α-hetero) is 1. The van der Waals surface area contributed by atoms with Gasteiger partial charge in [-0.3, -0.25) is 14.4 Å². The molecule has 0 aliphatic carbocycles. The number of hydrogen-bond donors (Lipinski definition) is 1. The number of halogens is 2. The average Bonchev–Trinajstić information content (AvgIpc) is 2.51. The predicted octanol–water partition coefficient (Wildman–Crippen LogP) is 1.48. The zero-order chi connectivity index (χ0) is 13.4. The molecule has 0 bridgehead atoms. The summed E-state index contributed by atoms with van der Waals surface area (Å²) in [6, 6.07) is 2.04. The fourth-order valence-corrected chi connectivity index (χ4v) is 1.88. The van der Waals surface area contributed by atoms with Crippen LogP contribution in [-0.4, -0.2) is 29.3 Å². The van der Waals surface area contributed by atoms with Crippen molar-refractivity contribution in [3.05, 3.63) is 28.5 Å². The van der Waals surface area contributed by atoms with Crippen LogP contribution in [0.25, 0.3) is 0 Å². The number of aliphatic carboxylic acids is 1. The van der Waals surface area contributed by atoms with E-state index in [1.54, 1.807) is 0 Å². The summed E-state index contributed by atoms with van der Waals surface area (Å²) in [5.74, 6) is -3.55. The fourth-order valence-electron chi connectivity index (χ4n) is 1.72. The van der Waals surface area contributed by atoms with Gasteiger partial charge in [0, 0.05) is 6.54 Å². The molecule has 1 aromatic carbocycles. The quantitative estimate of drug-likeness (QED) is 0.845. The van der Waals surface area contributed by atoms with Gasteiger partial charge in [-0.25, -0.2) is 4.39 Å². The summed E-state index contributed by atoms with van der Waals surface area (Å²) >= 11 is 5.53. The summed E-state index contributed by atoms with van der Waals surface area (Å²) in [7, 11) is 0. The Morgan fingerprint density at radius 2 is 2.06 bits per heavy atom. The topological polar surface area (TPSA) is 74.7 Å². The summed E-state index contributed by atoms with van der Waals surface area (Å²) < 4.78 is 13.3. The van der Waals surface area contributed by atoms with E-state index < -0.39 is 23.5 Å². The van der Waals surface area contributed by atoms with Gasteiger partial charge in [-0.1, -0.05) is 11.6 Å². The number of carbonyl (C=O) groups is 3. The Hall–Kier alpha value is -1.95. The number of ketones is 1. The summed E-state index contributed by atoms with van der Waals surface area (Å²) in [6.45, 7) is -0.187. The number of carbonyl (C=O) groups excluding carboxylic acids is 2. The molecule has 1 amide bonds. The van der Waals surface area contributed by atoms with Crippen LogP contribution in [0.1, 0.15) is 16.8 Å². The number of nitrogens with zero attached hydrogens (tertiary/aromatic N) is 1. The molecule has 0 radical (unpaired) electrons. The van der Waals surface area contributed by atoms with Crippen molar-refractivity contribution in [2.75, 3.05) is 11.4 Å². The molecule has 0 saturated carbocycles. The standard InChI is InChI=1S/C11H7ClFNO4/c12-6-3-5-8(4-7(6)13)14(2-1-9(15)16)11(18)10(5)17/h3-4H,1-2H2,(H,15,16). The third-order valence-electron chi connectivity index (χ3n) is 2.56. The largest absolute Gasteiger partial charge is 0.481 e. The number of carboxylic acids is 1. The highest BCUT2D eigenvalue weighted by Gasteiger charge is 2.36. The summed E-state index contributed by atoms with van der Waals surface area (Å²) in [6.07, 6.45) is -0.331. The third-order valence-corrected chi connectivity index (χ3v) is 2.85. The lowest BCUT2D eigenvalue weighted by Gasteiger charge is -2.15. The van der Waals surface area contributed by atoms with Crippen molar-refractivity contribution >= 4 is 34.9 Å². The van der Waals surface area contributed by atoms with Gasteiger partial charge in [-0.2, -0.15) is 0 Å². The maximum atomic E-state index is 13.3. The van der Waals surface area contributed by atoms with E-state index in [0.717, 1.165) is 17.0 Å². The van der Waals surface area contributed by atoms with Crippen LogP contribution in [0.4, 0.5) is 10.1 Å². The third kappa shape index (κ3) is 1.95. The molecule has 1 aliphatic rings. The summed E-state index contributed by atoms with van der Waals surface area (Å²) in [5.41, 5.74) is 0.0601. The Morgan fingerprint density at radius 1 is 1.39 bits per heavy atom. The number of anilines is 1. The van der Waals surface area contributed by atoms with E-state index in [2.05, 4.69) is 0 Å². The molecule has 5 nitrogen and oxygen atoms in total. The van der Waals surface area contributed by atoms with Crippen LogP contribution in [-0.2, 0) is 9.59 Å². The average molecular weight is 272 g/mol. The van der Waals surface area contributed by atoms with E-state index in [0.29, 0.717) is 0 Å². The smallest absolute Gasteiger partial charge is 0.305 e. The Morgan fingerprint density at radius 3 is 2.67 bits per heavy atom. The molecular formula is C11H7ClFNO4. The van der Waals surface area contributed by atoms with E-state index in [1.165, 1.54) is 0 Å². The number of rotatable bonds is 3. The van der Waals surface area contributed by atoms with E-state index in [4.69, 9.17) is 16.7 Å². The van der Waals surface area contributed by atoms with Crippen LogP contribution in [0.5, 0.6) is 0 Å². The Bertz CT molecular complexity index is 572. The highest BCUT2D eigenvalue weighted by molar-refractivity contribution is 6.52. The van der Waals surface area contributed by atoms with Crippen LogP contribution in [0, 0.1) is 5.82 Å². The van der Waals surface area contributed by atoms with Crippen molar-refractivity contribution in [2.45, 2.75) is 6.42 Å². The Kier molecular flexibility index (Phi) is 3.04.